The van der Waals surface area contributed by atoms with Crippen molar-refractivity contribution in [2.24, 2.45) is 5.92 Å². The largest absolute Gasteiger partial charge is 0.481 e. The molecule has 1 aromatic rings. The maximum absolute atomic E-state index is 10.6. The van der Waals surface area contributed by atoms with E-state index >= 15 is 0 Å². The van der Waals surface area contributed by atoms with E-state index in [-0.39, 0.29) is 5.75 Å². The van der Waals surface area contributed by atoms with E-state index in [4.69, 9.17) is 5.11 Å². The molecule has 0 saturated carbocycles. The van der Waals surface area contributed by atoms with Crippen molar-refractivity contribution in [1.29, 1.82) is 0 Å². The molecule has 1 N–H and O–H groups in total. The van der Waals surface area contributed by atoms with Crippen LogP contribution in [0, 0.1) is 12.8 Å². The van der Waals surface area contributed by atoms with E-state index in [1.807, 2.05) is 13.1 Å². The Kier molecular flexibility index (Phi) is 5.05. The van der Waals surface area contributed by atoms with Gasteiger partial charge in [-0.05, 0) is 19.3 Å². The van der Waals surface area contributed by atoms with Crippen LogP contribution in [0.4, 0.5) is 0 Å². The minimum Gasteiger partial charge on any atom is -0.481 e. The molecule has 0 amide bonds. The molecule has 0 aromatic carbocycles. The summed E-state index contributed by atoms with van der Waals surface area (Å²) in [6.45, 7) is 8.43. The maximum atomic E-state index is 10.6. The molecule has 0 aliphatic carbocycles. The molecule has 1 aromatic heterocycles. The van der Waals surface area contributed by atoms with Crippen LogP contribution >= 0.6 is 11.8 Å². The van der Waals surface area contributed by atoms with Gasteiger partial charge in [0.25, 0.3) is 0 Å². The van der Waals surface area contributed by atoms with Gasteiger partial charge in [-0.3, -0.25) is 4.79 Å². The second kappa shape index (κ2) is 6.10. The number of carboxylic acids is 1. The summed E-state index contributed by atoms with van der Waals surface area (Å²) in [5, 5.41) is 9.53. The molecule has 1 unspecified atom stereocenters. The molecular weight excluding hydrogens is 236 g/mol. The molecule has 0 fully saturated rings. The first kappa shape index (κ1) is 14.1. The minimum absolute atomic E-state index is 0.0605. The van der Waals surface area contributed by atoms with Gasteiger partial charge in [0, 0.05) is 12.2 Å². The van der Waals surface area contributed by atoms with Crippen molar-refractivity contribution in [3.05, 3.63) is 11.9 Å². The number of aryl methyl sites for hydroxylation is 1. The fourth-order valence-electron chi connectivity index (χ4n) is 1.95. The number of hydrogen-bond acceptors (Lipinski definition) is 3. The molecule has 0 aliphatic heterocycles. The number of carbonyl (C=O) groups is 1. The summed E-state index contributed by atoms with van der Waals surface area (Å²) in [6.07, 6.45) is 3.03. The van der Waals surface area contributed by atoms with Gasteiger partial charge in [0.2, 0.25) is 0 Å². The van der Waals surface area contributed by atoms with Crippen molar-refractivity contribution in [3.63, 3.8) is 0 Å². The van der Waals surface area contributed by atoms with Crippen LogP contribution in [0.1, 0.15) is 38.9 Å². The predicted molar refractivity (Wildman–Crippen MR) is 69.5 cm³/mol. The van der Waals surface area contributed by atoms with E-state index in [1.54, 1.807) is 0 Å². The Morgan fingerprint density at radius 2 is 2.24 bits per heavy atom. The molecule has 0 aliphatic rings. The Balaban J connectivity index is 2.93. The SMILES string of the molecule is CCC(C(C)C)n1cc(C)nc1SCC(=O)O. The summed E-state index contributed by atoms with van der Waals surface area (Å²) < 4.78 is 2.12. The third kappa shape index (κ3) is 3.77. The van der Waals surface area contributed by atoms with Gasteiger partial charge in [-0.1, -0.05) is 32.5 Å². The number of imidazole rings is 1. The van der Waals surface area contributed by atoms with Gasteiger partial charge in [-0.2, -0.15) is 0 Å². The summed E-state index contributed by atoms with van der Waals surface area (Å²) in [5.41, 5.74) is 0.942. The molecule has 0 saturated heterocycles. The maximum Gasteiger partial charge on any atom is 0.313 e. The monoisotopic (exact) mass is 256 g/mol. The van der Waals surface area contributed by atoms with Gasteiger partial charge in [-0.15, -0.1) is 0 Å². The number of rotatable bonds is 6. The third-order valence-corrected chi connectivity index (χ3v) is 3.64. The van der Waals surface area contributed by atoms with Gasteiger partial charge < -0.3 is 9.67 Å². The average Bonchev–Trinajstić information content (AvgIpc) is 2.57. The highest BCUT2D eigenvalue weighted by molar-refractivity contribution is 7.99. The summed E-state index contributed by atoms with van der Waals surface area (Å²) in [4.78, 5) is 15.0. The number of nitrogens with zero attached hydrogens (tertiary/aromatic N) is 2. The Morgan fingerprint density at radius 1 is 1.59 bits per heavy atom. The number of aliphatic carboxylic acids is 1. The van der Waals surface area contributed by atoms with E-state index in [9.17, 15) is 4.79 Å². The summed E-state index contributed by atoms with van der Waals surface area (Å²) in [5.74, 6) is -0.233. The standard InChI is InChI=1S/C12H20N2O2S/c1-5-10(8(2)3)14-6-9(4)13-12(14)17-7-11(15)16/h6,8,10H,5,7H2,1-4H3,(H,15,16). The molecule has 1 atom stereocenters. The van der Waals surface area contributed by atoms with Crippen LogP contribution in [0.15, 0.2) is 11.4 Å². The normalized spacial score (nSPS) is 13.0. The van der Waals surface area contributed by atoms with Crippen molar-refractivity contribution >= 4 is 17.7 Å². The zero-order chi connectivity index (χ0) is 13.0. The van der Waals surface area contributed by atoms with E-state index in [0.717, 1.165) is 17.3 Å². The lowest BCUT2D eigenvalue weighted by Crippen LogP contribution is -2.15. The van der Waals surface area contributed by atoms with Gasteiger partial charge in [0.05, 0.1) is 11.4 Å². The average molecular weight is 256 g/mol. The molecule has 4 nitrogen and oxygen atoms in total. The Bertz CT molecular complexity index is 388. The molecular formula is C12H20N2O2S. The van der Waals surface area contributed by atoms with E-state index < -0.39 is 5.97 Å². The number of carboxylic acid groups (broad SMARTS) is 1. The summed E-state index contributed by atoms with van der Waals surface area (Å²) in [7, 11) is 0. The fourth-order valence-corrected chi connectivity index (χ4v) is 2.75. The van der Waals surface area contributed by atoms with E-state index in [1.165, 1.54) is 11.8 Å². The second-order valence-corrected chi connectivity index (χ2v) is 5.42. The lowest BCUT2D eigenvalue weighted by molar-refractivity contribution is -0.133. The van der Waals surface area contributed by atoms with Crippen molar-refractivity contribution in [2.75, 3.05) is 5.75 Å². The molecule has 5 heteroatoms. The molecule has 0 bridgehead atoms. The number of thioether (sulfide) groups is 1. The first-order valence-electron chi connectivity index (χ1n) is 5.85. The lowest BCUT2D eigenvalue weighted by Gasteiger charge is -2.22. The third-order valence-electron chi connectivity index (χ3n) is 2.69. The van der Waals surface area contributed by atoms with Crippen molar-refractivity contribution < 1.29 is 9.90 Å². The first-order chi connectivity index (χ1) is 7.95. The van der Waals surface area contributed by atoms with Crippen LogP contribution in [0.3, 0.4) is 0 Å². The summed E-state index contributed by atoms with van der Waals surface area (Å²) in [6, 6.07) is 0.382. The molecule has 1 rings (SSSR count). The Morgan fingerprint density at radius 3 is 2.71 bits per heavy atom. The number of aromatic nitrogens is 2. The van der Waals surface area contributed by atoms with Crippen LogP contribution in [-0.2, 0) is 4.79 Å². The highest BCUT2D eigenvalue weighted by atomic mass is 32.2. The highest BCUT2D eigenvalue weighted by Crippen LogP contribution is 2.28. The van der Waals surface area contributed by atoms with Crippen LogP contribution in [0.2, 0.25) is 0 Å². The molecule has 1 heterocycles. The van der Waals surface area contributed by atoms with Crippen LogP contribution < -0.4 is 0 Å². The zero-order valence-electron chi connectivity index (χ0n) is 10.8. The van der Waals surface area contributed by atoms with Gasteiger partial charge in [0.1, 0.15) is 0 Å². The van der Waals surface area contributed by atoms with Gasteiger partial charge in [-0.25, -0.2) is 4.98 Å². The van der Waals surface area contributed by atoms with Gasteiger partial charge >= 0.3 is 5.97 Å². The molecule has 0 radical (unpaired) electrons. The Hall–Kier alpha value is -0.970. The topological polar surface area (TPSA) is 55.1 Å². The second-order valence-electron chi connectivity index (χ2n) is 4.47. The first-order valence-corrected chi connectivity index (χ1v) is 6.84. The molecule has 96 valence electrons. The highest BCUT2D eigenvalue weighted by Gasteiger charge is 2.18. The van der Waals surface area contributed by atoms with Crippen LogP contribution in [0.25, 0.3) is 0 Å². The fraction of sp³-hybridized carbons (Fsp3) is 0.667. The van der Waals surface area contributed by atoms with Gasteiger partial charge in [0.15, 0.2) is 5.16 Å². The van der Waals surface area contributed by atoms with Crippen LogP contribution in [-0.4, -0.2) is 26.4 Å². The van der Waals surface area contributed by atoms with Crippen LogP contribution in [0.5, 0.6) is 0 Å². The van der Waals surface area contributed by atoms with E-state index in [2.05, 4.69) is 30.3 Å². The number of hydrogen-bond donors (Lipinski definition) is 1. The quantitative estimate of drug-likeness (QED) is 0.795. The van der Waals surface area contributed by atoms with Crippen molar-refractivity contribution in [1.82, 2.24) is 9.55 Å². The predicted octanol–water partition coefficient (Wildman–Crippen LogP) is 2.98. The molecule has 0 spiro atoms. The molecule has 17 heavy (non-hydrogen) atoms. The summed E-state index contributed by atoms with van der Waals surface area (Å²) >= 11 is 1.29. The van der Waals surface area contributed by atoms with Crippen molar-refractivity contribution in [3.8, 4) is 0 Å². The minimum atomic E-state index is -0.806. The zero-order valence-corrected chi connectivity index (χ0v) is 11.6. The van der Waals surface area contributed by atoms with E-state index in [0.29, 0.717) is 12.0 Å². The smallest absolute Gasteiger partial charge is 0.313 e. The Labute approximate surface area is 106 Å². The van der Waals surface area contributed by atoms with Crippen molar-refractivity contribution in [2.45, 2.75) is 45.3 Å². The lowest BCUT2D eigenvalue weighted by atomic mass is 10.0.